The van der Waals surface area contributed by atoms with Crippen LogP contribution in [0.3, 0.4) is 0 Å². The first-order valence-electron chi connectivity index (χ1n) is 5.36. The summed E-state index contributed by atoms with van der Waals surface area (Å²) in [7, 11) is 0. The lowest BCUT2D eigenvalue weighted by Gasteiger charge is -2.34. The van der Waals surface area contributed by atoms with E-state index < -0.39 is 0 Å². The average Bonchev–Trinajstić information content (AvgIpc) is 2.39. The largest absolute Gasteiger partial charge is 0.390 e. The highest BCUT2D eigenvalue weighted by Crippen LogP contribution is 2.51. The number of hydrogen-bond donors (Lipinski definition) is 1. The van der Waals surface area contributed by atoms with E-state index in [1.165, 1.54) is 25.7 Å². The van der Waals surface area contributed by atoms with E-state index in [2.05, 4.69) is 6.92 Å². The van der Waals surface area contributed by atoms with Gasteiger partial charge in [0.1, 0.15) is 0 Å². The van der Waals surface area contributed by atoms with E-state index in [9.17, 15) is 5.11 Å². The fourth-order valence-electron chi connectivity index (χ4n) is 3.26. The molecule has 0 aromatic rings. The fourth-order valence-corrected chi connectivity index (χ4v) is 3.26. The third-order valence-corrected chi connectivity index (χ3v) is 4.27. The van der Waals surface area contributed by atoms with Crippen molar-refractivity contribution in [1.29, 1.82) is 0 Å². The third-order valence-electron chi connectivity index (χ3n) is 4.27. The number of aliphatic hydroxyl groups is 1. The second-order valence-electron chi connectivity index (χ2n) is 4.99. The second-order valence-corrected chi connectivity index (χ2v) is 4.99. The molecule has 1 heteroatoms. The molecule has 0 radical (unpaired) electrons. The summed E-state index contributed by atoms with van der Waals surface area (Å²) in [6, 6.07) is 0. The molecule has 0 saturated heterocycles. The minimum absolute atomic E-state index is 0.333. The smallest absolute Gasteiger partial charge is 0.0648 e. The van der Waals surface area contributed by atoms with Crippen molar-refractivity contribution in [3.05, 3.63) is 0 Å². The van der Waals surface area contributed by atoms with Gasteiger partial charge in [-0.25, -0.2) is 0 Å². The van der Waals surface area contributed by atoms with E-state index in [0.717, 1.165) is 18.3 Å². The summed E-state index contributed by atoms with van der Waals surface area (Å²) in [5, 5.41) is 10.1. The van der Waals surface area contributed by atoms with E-state index in [1.54, 1.807) is 0 Å². The van der Waals surface area contributed by atoms with Crippen LogP contribution in [0.15, 0.2) is 0 Å². The van der Waals surface area contributed by atoms with Gasteiger partial charge >= 0.3 is 0 Å². The van der Waals surface area contributed by atoms with Crippen molar-refractivity contribution in [2.45, 2.75) is 51.6 Å². The minimum Gasteiger partial charge on any atom is -0.390 e. The van der Waals surface area contributed by atoms with E-state index in [4.69, 9.17) is 0 Å². The molecule has 2 bridgehead atoms. The maximum atomic E-state index is 10.1. The summed E-state index contributed by atoms with van der Waals surface area (Å²) in [6.07, 6.45) is 6.21. The Morgan fingerprint density at radius 1 is 1.42 bits per heavy atom. The quantitative estimate of drug-likeness (QED) is 0.638. The first-order chi connectivity index (χ1) is 5.63. The van der Waals surface area contributed by atoms with Crippen molar-refractivity contribution in [3.63, 3.8) is 0 Å². The first-order valence-corrected chi connectivity index (χ1v) is 5.36. The molecular weight excluding hydrogens is 148 g/mol. The van der Waals surface area contributed by atoms with Gasteiger partial charge in [0.25, 0.3) is 0 Å². The molecule has 2 rings (SSSR count). The zero-order valence-electron chi connectivity index (χ0n) is 8.21. The minimum atomic E-state index is -0.333. The van der Waals surface area contributed by atoms with E-state index in [1.807, 2.05) is 6.92 Å². The Balaban J connectivity index is 2.10. The van der Waals surface area contributed by atoms with Gasteiger partial charge in [0, 0.05) is 0 Å². The molecule has 70 valence electrons. The molecule has 12 heavy (non-hydrogen) atoms. The second kappa shape index (κ2) is 2.73. The van der Waals surface area contributed by atoms with Crippen LogP contribution in [0.4, 0.5) is 0 Å². The predicted molar refractivity (Wildman–Crippen MR) is 49.9 cm³/mol. The van der Waals surface area contributed by atoms with Gasteiger partial charge in [-0.05, 0) is 50.4 Å². The van der Waals surface area contributed by atoms with Gasteiger partial charge in [0.15, 0.2) is 0 Å². The highest BCUT2D eigenvalue weighted by Gasteiger charge is 2.46. The maximum absolute atomic E-state index is 10.1. The van der Waals surface area contributed by atoms with Crippen molar-refractivity contribution in [2.75, 3.05) is 0 Å². The van der Waals surface area contributed by atoms with Gasteiger partial charge in [-0.1, -0.05) is 13.3 Å². The Kier molecular flexibility index (Phi) is 1.95. The molecule has 2 aliphatic carbocycles. The SMILES string of the molecule is CCC1CC2CC1CCC2(C)O. The molecule has 1 N–H and O–H groups in total. The van der Waals surface area contributed by atoms with Crippen LogP contribution in [-0.2, 0) is 0 Å². The van der Waals surface area contributed by atoms with Crippen molar-refractivity contribution >= 4 is 0 Å². The van der Waals surface area contributed by atoms with Crippen LogP contribution in [0.1, 0.15) is 46.0 Å². The molecule has 4 atom stereocenters. The maximum Gasteiger partial charge on any atom is 0.0648 e. The van der Waals surface area contributed by atoms with Gasteiger partial charge < -0.3 is 5.11 Å². The van der Waals surface area contributed by atoms with Crippen LogP contribution in [0.5, 0.6) is 0 Å². The van der Waals surface area contributed by atoms with Crippen molar-refractivity contribution in [2.24, 2.45) is 17.8 Å². The Hall–Kier alpha value is -0.0400. The van der Waals surface area contributed by atoms with E-state index >= 15 is 0 Å². The average molecular weight is 168 g/mol. The molecule has 0 aromatic heterocycles. The molecule has 4 unspecified atom stereocenters. The van der Waals surface area contributed by atoms with Gasteiger partial charge in [-0.2, -0.15) is 0 Å². The van der Waals surface area contributed by atoms with E-state index in [-0.39, 0.29) is 5.60 Å². The summed E-state index contributed by atoms with van der Waals surface area (Å²) < 4.78 is 0. The summed E-state index contributed by atoms with van der Waals surface area (Å²) in [5.74, 6) is 2.48. The first kappa shape index (κ1) is 8.55. The zero-order chi connectivity index (χ0) is 8.77. The van der Waals surface area contributed by atoms with Gasteiger partial charge in [0.2, 0.25) is 0 Å². The highest BCUT2D eigenvalue weighted by molar-refractivity contribution is 4.97. The Labute approximate surface area is 75.2 Å². The fraction of sp³-hybridized carbons (Fsp3) is 1.00. The van der Waals surface area contributed by atoms with Crippen molar-refractivity contribution in [1.82, 2.24) is 0 Å². The lowest BCUT2D eigenvalue weighted by molar-refractivity contribution is -0.0254. The standard InChI is InChI=1S/C11H20O/c1-3-8-6-10-7-9(8)4-5-11(10,2)12/h8-10,12H,3-7H2,1-2H3. The molecule has 2 fully saturated rings. The van der Waals surface area contributed by atoms with Crippen LogP contribution < -0.4 is 0 Å². The molecular formula is C11H20O. The highest BCUT2D eigenvalue weighted by atomic mass is 16.3. The van der Waals surface area contributed by atoms with E-state index in [0.29, 0.717) is 5.92 Å². The zero-order valence-corrected chi connectivity index (χ0v) is 8.21. The molecule has 2 aliphatic rings. The van der Waals surface area contributed by atoms with Crippen molar-refractivity contribution in [3.8, 4) is 0 Å². The number of hydrogen-bond acceptors (Lipinski definition) is 1. The van der Waals surface area contributed by atoms with Gasteiger partial charge in [-0.3, -0.25) is 0 Å². The third kappa shape index (κ3) is 1.19. The number of rotatable bonds is 1. The lowest BCUT2D eigenvalue weighted by atomic mass is 9.77. The van der Waals surface area contributed by atoms with Gasteiger partial charge in [0.05, 0.1) is 5.60 Å². The lowest BCUT2D eigenvalue weighted by Crippen LogP contribution is -2.35. The Bertz CT molecular complexity index is 174. The summed E-state index contributed by atoms with van der Waals surface area (Å²) in [6.45, 7) is 4.33. The summed E-state index contributed by atoms with van der Waals surface area (Å²) in [4.78, 5) is 0. The van der Waals surface area contributed by atoms with Crippen LogP contribution in [0, 0.1) is 17.8 Å². The van der Waals surface area contributed by atoms with Crippen LogP contribution in [0.25, 0.3) is 0 Å². The van der Waals surface area contributed by atoms with Gasteiger partial charge in [-0.15, -0.1) is 0 Å². The predicted octanol–water partition coefficient (Wildman–Crippen LogP) is 2.58. The molecule has 1 nitrogen and oxygen atoms in total. The molecule has 2 saturated carbocycles. The van der Waals surface area contributed by atoms with Crippen LogP contribution in [0.2, 0.25) is 0 Å². The summed E-state index contributed by atoms with van der Waals surface area (Å²) in [5.41, 5.74) is -0.333. The Morgan fingerprint density at radius 3 is 2.75 bits per heavy atom. The Morgan fingerprint density at radius 2 is 2.17 bits per heavy atom. The molecule has 0 spiro atoms. The van der Waals surface area contributed by atoms with Crippen LogP contribution in [-0.4, -0.2) is 10.7 Å². The number of fused-ring (bicyclic) bond motifs is 2. The topological polar surface area (TPSA) is 20.2 Å². The monoisotopic (exact) mass is 168 g/mol. The molecule has 0 aliphatic heterocycles. The molecule has 0 heterocycles. The normalized spacial score (nSPS) is 52.8. The van der Waals surface area contributed by atoms with Crippen LogP contribution >= 0.6 is 0 Å². The van der Waals surface area contributed by atoms with Crippen molar-refractivity contribution < 1.29 is 5.11 Å². The summed E-state index contributed by atoms with van der Waals surface area (Å²) >= 11 is 0. The molecule has 0 amide bonds. The molecule has 0 aromatic carbocycles.